The lowest BCUT2D eigenvalue weighted by Crippen LogP contribution is -2.16. The number of aryl methyl sites for hydroxylation is 1. The number of benzene rings is 1. The van der Waals surface area contributed by atoms with E-state index < -0.39 is 15.8 Å². The number of fused-ring (bicyclic) bond motifs is 2. The second-order valence-electron chi connectivity index (χ2n) is 7.36. The highest BCUT2D eigenvalue weighted by Gasteiger charge is 2.33. The zero-order chi connectivity index (χ0) is 21.0. The van der Waals surface area contributed by atoms with Crippen LogP contribution in [0, 0.1) is 12.7 Å². The van der Waals surface area contributed by atoms with E-state index in [9.17, 15) is 12.8 Å². The van der Waals surface area contributed by atoms with Gasteiger partial charge in [0.05, 0.1) is 23.0 Å². The smallest absolute Gasteiger partial charge is 0.269 e. The molecule has 0 bridgehead atoms. The number of hydrogen-bond donors (Lipinski definition) is 1. The van der Waals surface area contributed by atoms with Gasteiger partial charge in [-0.15, -0.1) is 0 Å². The van der Waals surface area contributed by atoms with Crippen LogP contribution in [0.15, 0.2) is 52.1 Å². The van der Waals surface area contributed by atoms with E-state index in [1.54, 1.807) is 31.3 Å². The van der Waals surface area contributed by atoms with Gasteiger partial charge in [0.25, 0.3) is 15.7 Å². The predicted molar refractivity (Wildman–Crippen MR) is 109 cm³/mol. The first-order valence-corrected chi connectivity index (χ1v) is 11.0. The van der Waals surface area contributed by atoms with Crippen LogP contribution in [0.25, 0.3) is 22.4 Å². The molecule has 5 rings (SSSR count). The van der Waals surface area contributed by atoms with Crippen molar-refractivity contribution in [2.24, 2.45) is 0 Å². The third-order valence-electron chi connectivity index (χ3n) is 5.69. The Morgan fingerprint density at radius 2 is 2.10 bits per heavy atom. The minimum atomic E-state index is -4.04. The highest BCUT2D eigenvalue weighted by atomic mass is 32.2. The molecule has 3 aromatic heterocycles. The summed E-state index contributed by atoms with van der Waals surface area (Å²) in [7, 11) is -2.21. The topological polar surface area (TPSA) is 90.0 Å². The molecule has 9 heteroatoms. The lowest BCUT2D eigenvalue weighted by Gasteiger charge is -2.13. The summed E-state index contributed by atoms with van der Waals surface area (Å²) in [5.74, 6) is -0.466. The van der Waals surface area contributed by atoms with Crippen LogP contribution in [0.4, 0.5) is 4.39 Å². The van der Waals surface area contributed by atoms with Crippen molar-refractivity contribution >= 4 is 21.1 Å². The molecule has 1 unspecified atom stereocenters. The average Bonchev–Trinajstić information content (AvgIpc) is 3.42. The summed E-state index contributed by atoms with van der Waals surface area (Å²) >= 11 is 0. The number of nitrogens with zero attached hydrogens (tertiary/aromatic N) is 3. The lowest BCUT2D eigenvalue weighted by molar-refractivity contribution is 0.442. The number of hydrogen-bond acceptors (Lipinski definition) is 6. The summed E-state index contributed by atoms with van der Waals surface area (Å²) in [6, 6.07) is 7.74. The molecule has 7 nitrogen and oxygen atoms in total. The number of nitrogens with one attached hydrogen (secondary N) is 1. The fraction of sp³-hybridized carbons (Fsp3) is 0.238. The number of halogens is 1. The summed E-state index contributed by atoms with van der Waals surface area (Å²) in [4.78, 5) is 4.09. The van der Waals surface area contributed by atoms with Gasteiger partial charge in [-0.25, -0.2) is 21.8 Å². The van der Waals surface area contributed by atoms with Crippen LogP contribution in [0.3, 0.4) is 0 Å². The zero-order valence-corrected chi connectivity index (χ0v) is 17.2. The van der Waals surface area contributed by atoms with E-state index in [2.05, 4.69) is 15.5 Å². The van der Waals surface area contributed by atoms with Crippen LogP contribution in [0.5, 0.6) is 0 Å². The zero-order valence-electron chi connectivity index (χ0n) is 16.4. The van der Waals surface area contributed by atoms with Crippen LogP contribution < -0.4 is 5.32 Å². The van der Waals surface area contributed by atoms with Gasteiger partial charge in [-0.05, 0) is 56.1 Å². The third kappa shape index (κ3) is 2.69. The van der Waals surface area contributed by atoms with Crippen molar-refractivity contribution in [2.75, 3.05) is 7.05 Å². The van der Waals surface area contributed by atoms with Crippen molar-refractivity contribution < 1.29 is 17.3 Å². The third-order valence-corrected chi connectivity index (χ3v) is 7.31. The first-order chi connectivity index (χ1) is 14.4. The van der Waals surface area contributed by atoms with Gasteiger partial charge in [0, 0.05) is 17.8 Å². The molecule has 1 aliphatic carbocycles. The monoisotopic (exact) mass is 426 g/mol. The maximum Gasteiger partial charge on any atom is 0.269 e. The van der Waals surface area contributed by atoms with Gasteiger partial charge in [0.15, 0.2) is 0 Å². The highest BCUT2D eigenvalue weighted by molar-refractivity contribution is 7.90. The summed E-state index contributed by atoms with van der Waals surface area (Å²) in [6.45, 7) is 1.72. The molecule has 30 heavy (non-hydrogen) atoms. The molecule has 0 saturated heterocycles. The fourth-order valence-corrected chi connectivity index (χ4v) is 5.53. The van der Waals surface area contributed by atoms with Crippen LogP contribution in [0.2, 0.25) is 0 Å². The van der Waals surface area contributed by atoms with Gasteiger partial charge in [-0.1, -0.05) is 17.3 Å². The van der Waals surface area contributed by atoms with Gasteiger partial charge in [0.1, 0.15) is 10.7 Å². The molecule has 3 heterocycles. The SMILES string of the molecule is CNC1CCc2c1cn(S(=O)(=O)c1cnc3onc(C)c3c1)c2-c1ccccc1F. The minimum Gasteiger partial charge on any atom is -0.336 e. The Bertz CT molecular complexity index is 1390. The Labute approximate surface area is 172 Å². The molecular formula is C21H19FN4O3S. The van der Waals surface area contributed by atoms with E-state index in [-0.39, 0.29) is 22.2 Å². The average molecular weight is 426 g/mol. The van der Waals surface area contributed by atoms with E-state index in [0.717, 1.165) is 17.5 Å². The van der Waals surface area contributed by atoms with Crippen molar-refractivity contribution in [3.05, 3.63) is 65.4 Å². The van der Waals surface area contributed by atoms with E-state index in [1.165, 1.54) is 22.3 Å². The Balaban J connectivity index is 1.77. The largest absolute Gasteiger partial charge is 0.336 e. The molecule has 0 fully saturated rings. The van der Waals surface area contributed by atoms with Gasteiger partial charge in [-0.2, -0.15) is 0 Å². The first kappa shape index (κ1) is 19.0. The molecule has 1 aliphatic rings. The number of aromatic nitrogens is 3. The van der Waals surface area contributed by atoms with Crippen molar-refractivity contribution in [3.8, 4) is 11.3 Å². The fourth-order valence-electron chi connectivity index (χ4n) is 4.15. The molecule has 1 N–H and O–H groups in total. The van der Waals surface area contributed by atoms with E-state index in [4.69, 9.17) is 4.52 Å². The van der Waals surface area contributed by atoms with Crippen molar-refractivity contribution in [1.29, 1.82) is 0 Å². The van der Waals surface area contributed by atoms with Gasteiger partial charge in [-0.3, -0.25) is 0 Å². The summed E-state index contributed by atoms with van der Waals surface area (Å²) in [6.07, 6.45) is 4.34. The van der Waals surface area contributed by atoms with E-state index >= 15 is 0 Å². The number of rotatable bonds is 4. The van der Waals surface area contributed by atoms with E-state index in [1.807, 2.05) is 7.05 Å². The maximum atomic E-state index is 14.7. The summed E-state index contributed by atoms with van der Waals surface area (Å²) in [5, 5.41) is 7.57. The van der Waals surface area contributed by atoms with Crippen LogP contribution in [-0.2, 0) is 16.4 Å². The standard InChI is InChI=1S/C21H19FN4O3S/c1-12-16-9-13(10-24-21(16)29-25-12)30(27,28)26-11-17-14(7-8-19(17)23-2)20(26)15-5-3-4-6-18(15)22/h3-6,9-11,19,23H,7-8H2,1-2H3. The number of pyridine rings is 1. The Morgan fingerprint density at radius 1 is 1.30 bits per heavy atom. The summed E-state index contributed by atoms with van der Waals surface area (Å²) < 4.78 is 48.3. The van der Waals surface area contributed by atoms with Crippen molar-refractivity contribution in [1.82, 2.24) is 19.4 Å². The molecule has 0 amide bonds. The molecule has 0 radical (unpaired) electrons. The molecule has 1 aromatic carbocycles. The van der Waals surface area contributed by atoms with Crippen molar-refractivity contribution in [2.45, 2.75) is 30.7 Å². The van der Waals surface area contributed by atoms with Gasteiger partial charge in [0.2, 0.25) is 0 Å². The first-order valence-electron chi connectivity index (χ1n) is 9.55. The summed E-state index contributed by atoms with van der Waals surface area (Å²) in [5.41, 5.74) is 3.16. The highest BCUT2D eigenvalue weighted by Crippen LogP contribution is 2.41. The molecule has 154 valence electrons. The normalized spacial score (nSPS) is 16.3. The Morgan fingerprint density at radius 3 is 2.87 bits per heavy atom. The Kier molecular flexibility index (Phi) is 4.26. The predicted octanol–water partition coefficient (Wildman–Crippen LogP) is 3.58. The molecular weight excluding hydrogens is 407 g/mol. The quantitative estimate of drug-likeness (QED) is 0.536. The van der Waals surface area contributed by atoms with Crippen molar-refractivity contribution in [3.63, 3.8) is 0 Å². The second-order valence-corrected chi connectivity index (χ2v) is 9.18. The van der Waals surface area contributed by atoms with Crippen LogP contribution in [-0.4, -0.2) is 29.6 Å². The van der Waals surface area contributed by atoms with Crippen LogP contribution in [0.1, 0.15) is 29.3 Å². The Hall–Kier alpha value is -3.04. The molecule has 0 saturated carbocycles. The maximum absolute atomic E-state index is 14.7. The molecule has 1 atom stereocenters. The molecule has 0 spiro atoms. The molecule has 4 aromatic rings. The minimum absolute atomic E-state index is 0.00595. The van der Waals surface area contributed by atoms with E-state index in [0.29, 0.717) is 23.2 Å². The van der Waals surface area contributed by atoms with Gasteiger partial charge >= 0.3 is 0 Å². The van der Waals surface area contributed by atoms with Gasteiger partial charge < -0.3 is 9.84 Å². The lowest BCUT2D eigenvalue weighted by atomic mass is 10.1. The second kappa shape index (κ2) is 6.75. The van der Waals surface area contributed by atoms with Crippen LogP contribution >= 0.6 is 0 Å². The molecule has 0 aliphatic heterocycles.